The molecule has 1 saturated carbocycles. The lowest BCUT2D eigenvalue weighted by molar-refractivity contribution is -0.144. The molecule has 2 aliphatic rings. The highest BCUT2D eigenvalue weighted by Gasteiger charge is 2.41. The Balaban J connectivity index is 1.58. The molecule has 1 heterocycles. The van der Waals surface area contributed by atoms with E-state index in [1.54, 1.807) is 12.1 Å². The van der Waals surface area contributed by atoms with Gasteiger partial charge in [0.1, 0.15) is 5.82 Å². The van der Waals surface area contributed by atoms with Crippen LogP contribution >= 0.6 is 0 Å². The zero-order chi connectivity index (χ0) is 18.6. The zero-order valence-electron chi connectivity index (χ0n) is 15.4. The van der Waals surface area contributed by atoms with E-state index in [9.17, 15) is 14.4 Å². The average molecular weight is 358 g/mol. The first-order chi connectivity index (χ1) is 12.6. The van der Waals surface area contributed by atoms with Crippen LogP contribution in [0.15, 0.2) is 24.3 Å². The van der Waals surface area contributed by atoms with E-state index < -0.39 is 5.41 Å². The standard InChI is InChI=1S/C21H27FN2O2/c1-2-26-20(25)13-16-9-12-24(14-16)17-7-10-21(15-23,11-8-17)18-5-3-4-6-19(18)22/h3-6,16-17H,2,7-14H2,1H3/t16-,17?,21?/m0/s1. The Labute approximate surface area is 154 Å². The van der Waals surface area contributed by atoms with Gasteiger partial charge in [0.05, 0.1) is 18.1 Å². The number of carbonyl (C=O) groups is 1. The molecule has 1 atom stereocenters. The minimum Gasteiger partial charge on any atom is -0.466 e. The van der Waals surface area contributed by atoms with Crippen LogP contribution < -0.4 is 0 Å². The van der Waals surface area contributed by atoms with Crippen LogP contribution in [0.1, 0.15) is 51.0 Å². The minimum atomic E-state index is -0.702. The van der Waals surface area contributed by atoms with E-state index in [0.717, 1.165) is 32.4 Å². The van der Waals surface area contributed by atoms with Crippen LogP contribution in [-0.4, -0.2) is 36.6 Å². The van der Waals surface area contributed by atoms with Gasteiger partial charge in [0.25, 0.3) is 0 Å². The first-order valence-corrected chi connectivity index (χ1v) is 9.64. The maximum atomic E-state index is 14.2. The van der Waals surface area contributed by atoms with Crippen LogP contribution in [0.4, 0.5) is 4.39 Å². The van der Waals surface area contributed by atoms with Crippen molar-refractivity contribution < 1.29 is 13.9 Å². The first-order valence-electron chi connectivity index (χ1n) is 9.64. The van der Waals surface area contributed by atoms with E-state index in [1.807, 2.05) is 13.0 Å². The predicted molar refractivity (Wildman–Crippen MR) is 96.9 cm³/mol. The summed E-state index contributed by atoms with van der Waals surface area (Å²) in [6, 6.07) is 9.52. The van der Waals surface area contributed by atoms with E-state index in [2.05, 4.69) is 11.0 Å². The summed E-state index contributed by atoms with van der Waals surface area (Å²) in [5.74, 6) is -0.0162. The second-order valence-corrected chi connectivity index (χ2v) is 7.56. The van der Waals surface area contributed by atoms with Gasteiger partial charge in [-0.15, -0.1) is 0 Å². The van der Waals surface area contributed by atoms with E-state index in [-0.39, 0.29) is 11.8 Å². The maximum Gasteiger partial charge on any atom is 0.306 e. The van der Waals surface area contributed by atoms with Crippen molar-refractivity contribution in [1.82, 2.24) is 4.90 Å². The number of halogens is 1. The highest BCUT2D eigenvalue weighted by Crippen LogP contribution is 2.42. The van der Waals surface area contributed by atoms with Gasteiger partial charge in [0, 0.05) is 24.6 Å². The van der Waals surface area contributed by atoms with Crippen LogP contribution in [0.3, 0.4) is 0 Å². The van der Waals surface area contributed by atoms with Gasteiger partial charge in [0.15, 0.2) is 0 Å². The van der Waals surface area contributed by atoms with Gasteiger partial charge in [-0.05, 0) is 57.6 Å². The summed E-state index contributed by atoms with van der Waals surface area (Å²) in [4.78, 5) is 14.1. The zero-order valence-corrected chi connectivity index (χ0v) is 15.4. The van der Waals surface area contributed by atoms with Crippen molar-refractivity contribution in [3.63, 3.8) is 0 Å². The molecule has 1 aliphatic heterocycles. The highest BCUT2D eigenvalue weighted by atomic mass is 19.1. The molecule has 0 aromatic heterocycles. The van der Waals surface area contributed by atoms with Crippen molar-refractivity contribution in [2.75, 3.05) is 19.7 Å². The van der Waals surface area contributed by atoms with E-state index in [4.69, 9.17) is 4.74 Å². The second kappa shape index (κ2) is 8.18. The summed E-state index contributed by atoms with van der Waals surface area (Å²) in [6.07, 6.45) is 4.69. The fourth-order valence-electron chi connectivity index (χ4n) is 4.57. The lowest BCUT2D eigenvalue weighted by Crippen LogP contribution is -2.41. The van der Waals surface area contributed by atoms with Crippen LogP contribution in [0.5, 0.6) is 0 Å². The number of esters is 1. The van der Waals surface area contributed by atoms with Crippen molar-refractivity contribution >= 4 is 5.97 Å². The van der Waals surface area contributed by atoms with Crippen molar-refractivity contribution in [1.29, 1.82) is 5.26 Å². The Morgan fingerprint density at radius 3 is 2.73 bits per heavy atom. The topological polar surface area (TPSA) is 53.3 Å². The fourth-order valence-corrected chi connectivity index (χ4v) is 4.57. The van der Waals surface area contributed by atoms with Crippen molar-refractivity contribution in [2.45, 2.75) is 56.9 Å². The third-order valence-electron chi connectivity index (χ3n) is 6.01. The average Bonchev–Trinajstić information content (AvgIpc) is 3.11. The third kappa shape index (κ3) is 3.91. The van der Waals surface area contributed by atoms with Gasteiger partial charge >= 0.3 is 5.97 Å². The lowest BCUT2D eigenvalue weighted by atomic mass is 9.69. The molecule has 1 saturated heterocycles. The molecule has 0 amide bonds. The van der Waals surface area contributed by atoms with E-state index >= 15 is 0 Å². The molecule has 0 N–H and O–H groups in total. The number of nitrogens with zero attached hydrogens (tertiary/aromatic N) is 2. The van der Waals surface area contributed by atoms with Crippen LogP contribution in [-0.2, 0) is 14.9 Å². The maximum absolute atomic E-state index is 14.2. The van der Waals surface area contributed by atoms with Gasteiger partial charge in [-0.2, -0.15) is 5.26 Å². The largest absolute Gasteiger partial charge is 0.466 e. The number of benzene rings is 1. The first kappa shape index (κ1) is 18.8. The molecule has 140 valence electrons. The van der Waals surface area contributed by atoms with Gasteiger partial charge in [-0.1, -0.05) is 18.2 Å². The Kier molecular flexibility index (Phi) is 5.93. The van der Waals surface area contributed by atoms with E-state index in [0.29, 0.717) is 43.4 Å². The van der Waals surface area contributed by atoms with Crippen molar-refractivity contribution in [3.8, 4) is 6.07 Å². The summed E-state index contributed by atoms with van der Waals surface area (Å²) < 4.78 is 19.3. The number of hydrogen-bond donors (Lipinski definition) is 0. The quantitative estimate of drug-likeness (QED) is 0.751. The number of nitriles is 1. The summed E-state index contributed by atoms with van der Waals surface area (Å²) in [7, 11) is 0. The molecule has 1 aromatic rings. The molecule has 26 heavy (non-hydrogen) atoms. The van der Waals surface area contributed by atoms with Crippen LogP contribution in [0, 0.1) is 23.1 Å². The predicted octanol–water partition coefficient (Wildman–Crippen LogP) is 3.80. The normalized spacial score (nSPS) is 29.3. The molecule has 1 aliphatic carbocycles. The SMILES string of the molecule is CCOC(=O)C[C@@H]1CCN(C2CCC(C#N)(c3ccccc3F)CC2)C1. The van der Waals surface area contributed by atoms with Crippen LogP contribution in [0.25, 0.3) is 0 Å². The van der Waals surface area contributed by atoms with Crippen LogP contribution in [0.2, 0.25) is 0 Å². The van der Waals surface area contributed by atoms with Crippen molar-refractivity contribution in [2.24, 2.45) is 5.92 Å². The molecule has 4 nitrogen and oxygen atoms in total. The molecule has 0 spiro atoms. The smallest absolute Gasteiger partial charge is 0.306 e. The van der Waals surface area contributed by atoms with Crippen molar-refractivity contribution in [3.05, 3.63) is 35.6 Å². The van der Waals surface area contributed by atoms with Gasteiger partial charge in [-0.25, -0.2) is 4.39 Å². The molecule has 1 aromatic carbocycles. The number of ether oxygens (including phenoxy) is 1. The highest BCUT2D eigenvalue weighted by molar-refractivity contribution is 5.69. The molecule has 5 heteroatoms. The summed E-state index contributed by atoms with van der Waals surface area (Å²) in [6.45, 7) is 4.18. The number of likely N-dealkylation sites (tertiary alicyclic amines) is 1. The monoisotopic (exact) mass is 358 g/mol. The Morgan fingerprint density at radius 2 is 2.08 bits per heavy atom. The van der Waals surface area contributed by atoms with Gasteiger partial charge in [0.2, 0.25) is 0 Å². The summed E-state index contributed by atoms with van der Waals surface area (Å²) >= 11 is 0. The number of carbonyl (C=O) groups excluding carboxylic acids is 1. The molecule has 0 bridgehead atoms. The molecule has 0 unspecified atom stereocenters. The number of rotatable bonds is 5. The fraction of sp³-hybridized carbons (Fsp3) is 0.619. The second-order valence-electron chi connectivity index (χ2n) is 7.56. The molecule has 0 radical (unpaired) electrons. The summed E-state index contributed by atoms with van der Waals surface area (Å²) in [5.41, 5.74) is -0.158. The third-order valence-corrected chi connectivity index (χ3v) is 6.01. The minimum absolute atomic E-state index is 0.106. The Bertz CT molecular complexity index is 677. The Hall–Kier alpha value is -1.93. The van der Waals surface area contributed by atoms with E-state index in [1.165, 1.54) is 6.07 Å². The molecule has 2 fully saturated rings. The van der Waals surface area contributed by atoms with Gasteiger partial charge in [-0.3, -0.25) is 4.79 Å². The summed E-state index contributed by atoms with van der Waals surface area (Å²) in [5, 5.41) is 9.78. The number of hydrogen-bond acceptors (Lipinski definition) is 4. The molecular weight excluding hydrogens is 331 g/mol. The molecule has 3 rings (SSSR count). The lowest BCUT2D eigenvalue weighted by Gasteiger charge is -2.39. The Morgan fingerprint density at radius 1 is 1.35 bits per heavy atom. The van der Waals surface area contributed by atoms with Gasteiger partial charge < -0.3 is 9.64 Å². The molecular formula is C21H27FN2O2.